The Morgan fingerprint density at radius 1 is 1.32 bits per heavy atom. The lowest BCUT2D eigenvalue weighted by Gasteiger charge is -2.25. The van der Waals surface area contributed by atoms with Crippen molar-refractivity contribution >= 4 is 16.8 Å². The van der Waals surface area contributed by atoms with Crippen molar-refractivity contribution in [2.24, 2.45) is 0 Å². The Kier molecular flexibility index (Phi) is 5.21. The van der Waals surface area contributed by atoms with Crippen molar-refractivity contribution in [3.05, 3.63) is 75.8 Å². The molecule has 6 heteroatoms. The maximum absolute atomic E-state index is 13.1. The highest BCUT2D eigenvalue weighted by Gasteiger charge is 2.24. The van der Waals surface area contributed by atoms with Crippen LogP contribution in [0.4, 0.5) is 0 Å². The van der Waals surface area contributed by atoms with Gasteiger partial charge in [-0.05, 0) is 55.0 Å². The van der Waals surface area contributed by atoms with Crippen LogP contribution in [0.2, 0.25) is 0 Å². The first-order valence-electron chi connectivity index (χ1n) is 9.53. The molecule has 0 bridgehead atoms. The molecule has 0 unspecified atom stereocenters. The number of carbonyl (C=O) groups is 1. The minimum absolute atomic E-state index is 0.00260. The number of H-pyrrole nitrogens is 1. The van der Waals surface area contributed by atoms with E-state index in [1.54, 1.807) is 29.4 Å². The van der Waals surface area contributed by atoms with Gasteiger partial charge in [-0.2, -0.15) is 0 Å². The number of fused-ring (bicyclic) bond motifs is 1. The molecule has 3 heterocycles. The number of ether oxygens (including phenoxy) is 1. The summed E-state index contributed by atoms with van der Waals surface area (Å²) >= 11 is 0. The normalized spacial score (nSPS) is 16.4. The van der Waals surface area contributed by atoms with Gasteiger partial charge in [0.2, 0.25) is 0 Å². The molecule has 0 spiro atoms. The van der Waals surface area contributed by atoms with E-state index in [1.807, 2.05) is 31.2 Å². The fraction of sp³-hybridized carbons (Fsp3) is 0.318. The van der Waals surface area contributed by atoms with Crippen LogP contribution in [0.3, 0.4) is 0 Å². The van der Waals surface area contributed by atoms with E-state index < -0.39 is 0 Å². The first kappa shape index (κ1) is 18.4. The van der Waals surface area contributed by atoms with E-state index in [2.05, 4.69) is 9.97 Å². The highest BCUT2D eigenvalue weighted by molar-refractivity contribution is 5.94. The monoisotopic (exact) mass is 377 g/mol. The number of pyridine rings is 2. The van der Waals surface area contributed by atoms with Gasteiger partial charge in [-0.3, -0.25) is 14.6 Å². The van der Waals surface area contributed by atoms with Gasteiger partial charge in [0.1, 0.15) is 0 Å². The van der Waals surface area contributed by atoms with Crippen molar-refractivity contribution < 1.29 is 9.53 Å². The number of aryl methyl sites for hydroxylation is 1. The van der Waals surface area contributed by atoms with Gasteiger partial charge >= 0.3 is 0 Å². The van der Waals surface area contributed by atoms with E-state index in [9.17, 15) is 9.59 Å². The molecule has 28 heavy (non-hydrogen) atoms. The number of aromatic amines is 1. The van der Waals surface area contributed by atoms with Crippen LogP contribution >= 0.6 is 0 Å². The van der Waals surface area contributed by atoms with Gasteiger partial charge < -0.3 is 14.6 Å². The van der Waals surface area contributed by atoms with Gasteiger partial charge in [0.25, 0.3) is 11.5 Å². The molecule has 0 saturated carbocycles. The highest BCUT2D eigenvalue weighted by atomic mass is 16.5. The van der Waals surface area contributed by atoms with Gasteiger partial charge in [0.15, 0.2) is 0 Å². The average Bonchev–Trinajstić information content (AvgIpc) is 3.21. The molecule has 1 aliphatic heterocycles. The van der Waals surface area contributed by atoms with E-state index in [0.29, 0.717) is 17.7 Å². The summed E-state index contributed by atoms with van der Waals surface area (Å²) in [5.74, 6) is -0.146. The van der Waals surface area contributed by atoms with Crippen molar-refractivity contribution in [1.29, 1.82) is 0 Å². The zero-order chi connectivity index (χ0) is 19.5. The molecule has 1 fully saturated rings. The van der Waals surface area contributed by atoms with Crippen LogP contribution in [0.1, 0.15) is 34.3 Å². The number of nitrogens with one attached hydrogen (secondary N) is 1. The fourth-order valence-electron chi connectivity index (χ4n) is 3.61. The van der Waals surface area contributed by atoms with Crippen LogP contribution in [0, 0.1) is 6.92 Å². The molecule has 1 atom stereocenters. The largest absolute Gasteiger partial charge is 0.376 e. The summed E-state index contributed by atoms with van der Waals surface area (Å²) in [7, 11) is 0. The molecular weight excluding hydrogens is 354 g/mol. The van der Waals surface area contributed by atoms with E-state index in [0.717, 1.165) is 35.9 Å². The Labute approximate surface area is 163 Å². The predicted molar refractivity (Wildman–Crippen MR) is 107 cm³/mol. The van der Waals surface area contributed by atoms with Crippen LogP contribution in [-0.2, 0) is 11.3 Å². The van der Waals surface area contributed by atoms with E-state index in [-0.39, 0.29) is 24.1 Å². The van der Waals surface area contributed by atoms with Crippen LogP contribution in [0.5, 0.6) is 0 Å². The fourth-order valence-corrected chi connectivity index (χ4v) is 3.61. The van der Waals surface area contributed by atoms with Crippen molar-refractivity contribution in [2.75, 3.05) is 13.2 Å². The highest BCUT2D eigenvalue weighted by Crippen LogP contribution is 2.18. The summed E-state index contributed by atoms with van der Waals surface area (Å²) in [5.41, 5.74) is 2.79. The van der Waals surface area contributed by atoms with Gasteiger partial charge in [-0.15, -0.1) is 0 Å². The first-order chi connectivity index (χ1) is 13.6. The molecule has 3 aromatic rings. The van der Waals surface area contributed by atoms with Gasteiger partial charge in [0.05, 0.1) is 18.2 Å². The number of benzene rings is 1. The molecule has 2 aromatic heterocycles. The van der Waals surface area contributed by atoms with Crippen molar-refractivity contribution in [1.82, 2.24) is 14.9 Å². The van der Waals surface area contributed by atoms with Gasteiger partial charge in [-0.25, -0.2) is 0 Å². The molecule has 1 saturated heterocycles. The number of nitrogens with zero attached hydrogens (tertiary/aromatic N) is 2. The number of carbonyl (C=O) groups excluding carboxylic acids is 1. The Morgan fingerprint density at radius 2 is 2.21 bits per heavy atom. The van der Waals surface area contributed by atoms with E-state index in [4.69, 9.17) is 4.74 Å². The Bertz CT molecular complexity index is 1040. The minimum Gasteiger partial charge on any atom is -0.376 e. The predicted octanol–water partition coefficient (Wildman–Crippen LogP) is 3.05. The van der Waals surface area contributed by atoms with Crippen LogP contribution in [0.25, 0.3) is 10.9 Å². The number of rotatable bonds is 5. The summed E-state index contributed by atoms with van der Waals surface area (Å²) in [6, 6.07) is 11.3. The first-order valence-corrected chi connectivity index (χ1v) is 9.53. The smallest absolute Gasteiger partial charge is 0.255 e. The number of hydrogen-bond acceptors (Lipinski definition) is 4. The number of amides is 1. The molecule has 1 aromatic carbocycles. The van der Waals surface area contributed by atoms with Crippen molar-refractivity contribution in [2.45, 2.75) is 32.4 Å². The minimum atomic E-state index is -0.172. The summed E-state index contributed by atoms with van der Waals surface area (Å²) in [4.78, 5) is 34.4. The summed E-state index contributed by atoms with van der Waals surface area (Å²) < 4.78 is 5.73. The Hall–Kier alpha value is -2.99. The topological polar surface area (TPSA) is 75.3 Å². The van der Waals surface area contributed by atoms with E-state index >= 15 is 0 Å². The maximum atomic E-state index is 13.1. The zero-order valence-corrected chi connectivity index (χ0v) is 15.9. The third kappa shape index (κ3) is 3.97. The van der Waals surface area contributed by atoms with Crippen LogP contribution < -0.4 is 5.56 Å². The Balaban J connectivity index is 1.65. The lowest BCUT2D eigenvalue weighted by atomic mass is 10.1. The molecule has 0 aliphatic carbocycles. The quantitative estimate of drug-likeness (QED) is 0.742. The molecule has 1 N–H and O–H groups in total. The van der Waals surface area contributed by atoms with Crippen LogP contribution in [-0.4, -0.2) is 40.0 Å². The second-order valence-corrected chi connectivity index (χ2v) is 7.28. The second-order valence-electron chi connectivity index (χ2n) is 7.28. The molecule has 0 radical (unpaired) electrons. The number of hydrogen-bond donors (Lipinski definition) is 1. The van der Waals surface area contributed by atoms with Gasteiger partial charge in [0, 0.05) is 36.6 Å². The zero-order valence-electron chi connectivity index (χ0n) is 15.9. The molecule has 4 rings (SSSR count). The molecule has 1 amide bonds. The molecule has 6 nitrogen and oxygen atoms in total. The maximum Gasteiger partial charge on any atom is 0.255 e. The molecule has 144 valence electrons. The van der Waals surface area contributed by atoms with Gasteiger partial charge in [-0.1, -0.05) is 12.1 Å². The second kappa shape index (κ2) is 7.94. The van der Waals surface area contributed by atoms with Crippen LogP contribution in [0.15, 0.2) is 53.6 Å². The summed E-state index contributed by atoms with van der Waals surface area (Å²) in [6.07, 6.45) is 5.11. The summed E-state index contributed by atoms with van der Waals surface area (Å²) in [6.45, 7) is 3.39. The van der Waals surface area contributed by atoms with Crippen molar-refractivity contribution in [3.63, 3.8) is 0 Å². The Morgan fingerprint density at radius 3 is 2.96 bits per heavy atom. The number of aromatic nitrogens is 2. The molecule has 1 aliphatic rings. The average molecular weight is 377 g/mol. The van der Waals surface area contributed by atoms with E-state index in [1.165, 1.54) is 0 Å². The van der Waals surface area contributed by atoms with Crippen molar-refractivity contribution in [3.8, 4) is 0 Å². The SMILES string of the molecule is Cc1ccc2cc(CN(C[C@@H]3CCCO3)C(=O)c3cccnc3)c(=O)[nH]c2c1. The third-order valence-corrected chi connectivity index (χ3v) is 5.08. The lowest BCUT2D eigenvalue weighted by molar-refractivity contribution is 0.0506. The standard InChI is InChI=1S/C22H23N3O3/c1-15-6-7-16-11-18(21(26)24-20(16)10-15)13-25(14-19-5-3-9-28-19)22(27)17-4-2-8-23-12-17/h2,4,6-8,10-12,19H,3,5,9,13-14H2,1H3,(H,24,26)/t19-/m0/s1. The lowest BCUT2D eigenvalue weighted by Crippen LogP contribution is -2.38. The summed E-state index contributed by atoms with van der Waals surface area (Å²) in [5, 5.41) is 0.950. The molecular formula is C22H23N3O3. The third-order valence-electron chi connectivity index (χ3n) is 5.08.